The van der Waals surface area contributed by atoms with Crippen LogP contribution in [0.1, 0.15) is 22.5 Å². The van der Waals surface area contributed by atoms with Crippen LogP contribution in [0.3, 0.4) is 0 Å². The second kappa shape index (κ2) is 9.96. The van der Waals surface area contributed by atoms with Crippen molar-refractivity contribution in [3.05, 3.63) is 66.1 Å². The lowest BCUT2D eigenvalue weighted by molar-refractivity contribution is 0.0953. The summed E-state index contributed by atoms with van der Waals surface area (Å²) >= 11 is 0. The number of nitrogens with one attached hydrogen (secondary N) is 1. The molecule has 174 valence electrons. The van der Waals surface area contributed by atoms with E-state index in [0.29, 0.717) is 34.6 Å². The molecule has 1 fully saturated rings. The van der Waals surface area contributed by atoms with Crippen LogP contribution in [0.15, 0.2) is 59.4 Å². The third kappa shape index (κ3) is 4.74. The maximum Gasteiger partial charge on any atom is 0.259 e. The Morgan fingerprint density at radius 3 is 2.59 bits per heavy atom. The summed E-state index contributed by atoms with van der Waals surface area (Å²) in [4.78, 5) is 31.0. The van der Waals surface area contributed by atoms with Gasteiger partial charge in [-0.3, -0.25) is 9.69 Å². The number of anilines is 1. The number of aromatic nitrogens is 4. The fourth-order valence-electron chi connectivity index (χ4n) is 4.26. The van der Waals surface area contributed by atoms with Gasteiger partial charge in [0.25, 0.3) is 11.6 Å². The highest BCUT2D eigenvalue weighted by atomic mass is 16.5. The number of aryl methyl sites for hydroxylation is 1. The Bertz CT molecular complexity index is 1250. The summed E-state index contributed by atoms with van der Waals surface area (Å²) in [5.74, 6) is 0.652. The van der Waals surface area contributed by atoms with E-state index in [2.05, 4.69) is 35.2 Å². The maximum atomic E-state index is 13.1. The van der Waals surface area contributed by atoms with Crippen LogP contribution >= 0.6 is 0 Å². The van der Waals surface area contributed by atoms with Gasteiger partial charge >= 0.3 is 0 Å². The highest BCUT2D eigenvalue weighted by Crippen LogP contribution is 2.27. The average molecular weight is 458 g/mol. The van der Waals surface area contributed by atoms with Crippen molar-refractivity contribution in [1.82, 2.24) is 30.3 Å². The number of rotatable bonds is 7. The van der Waals surface area contributed by atoms with Crippen LogP contribution in [0.4, 0.5) is 5.95 Å². The molecule has 0 radical (unpaired) electrons. The Morgan fingerprint density at radius 1 is 1.06 bits per heavy atom. The Hall–Kier alpha value is -3.85. The summed E-state index contributed by atoms with van der Waals surface area (Å²) in [6.45, 7) is 7.06. The summed E-state index contributed by atoms with van der Waals surface area (Å²) in [7, 11) is 0. The lowest BCUT2D eigenvalue weighted by atomic mass is 10.1. The summed E-state index contributed by atoms with van der Waals surface area (Å²) < 4.78 is 5.39. The van der Waals surface area contributed by atoms with Gasteiger partial charge in [-0.1, -0.05) is 35.5 Å². The molecule has 1 aliphatic rings. The van der Waals surface area contributed by atoms with Crippen LogP contribution in [0.25, 0.3) is 22.4 Å². The lowest BCUT2D eigenvalue weighted by Gasteiger charge is -2.34. The summed E-state index contributed by atoms with van der Waals surface area (Å²) in [5, 5.41) is 7.75. The van der Waals surface area contributed by atoms with Crippen LogP contribution < -0.4 is 10.2 Å². The molecule has 9 nitrogen and oxygen atoms in total. The van der Waals surface area contributed by atoms with Crippen molar-refractivity contribution in [2.24, 2.45) is 0 Å². The molecule has 5 rings (SSSR count). The fourth-order valence-corrected chi connectivity index (χ4v) is 4.26. The minimum atomic E-state index is -0.137. The van der Waals surface area contributed by atoms with Crippen molar-refractivity contribution in [2.45, 2.75) is 13.3 Å². The van der Waals surface area contributed by atoms with Gasteiger partial charge in [-0.25, -0.2) is 15.0 Å². The molecule has 0 saturated carbocycles. The van der Waals surface area contributed by atoms with E-state index in [4.69, 9.17) is 4.52 Å². The van der Waals surface area contributed by atoms with Crippen molar-refractivity contribution in [2.75, 3.05) is 44.2 Å². The Kier molecular flexibility index (Phi) is 6.44. The van der Waals surface area contributed by atoms with E-state index in [1.54, 1.807) is 12.4 Å². The molecule has 1 aliphatic heterocycles. The third-order valence-electron chi connectivity index (χ3n) is 6.08. The van der Waals surface area contributed by atoms with Crippen LogP contribution in [-0.4, -0.2) is 70.2 Å². The predicted octanol–water partition coefficient (Wildman–Crippen LogP) is 2.93. The number of piperazine rings is 1. The molecule has 1 amide bonds. The monoisotopic (exact) mass is 457 g/mol. The molecule has 0 bridgehead atoms. The van der Waals surface area contributed by atoms with E-state index in [-0.39, 0.29) is 5.91 Å². The number of benzene rings is 1. The zero-order chi connectivity index (χ0) is 23.3. The highest BCUT2D eigenvalue weighted by molar-refractivity contribution is 6.06. The highest BCUT2D eigenvalue weighted by Gasteiger charge is 2.20. The van der Waals surface area contributed by atoms with Crippen LogP contribution in [-0.2, 0) is 0 Å². The van der Waals surface area contributed by atoms with Crippen molar-refractivity contribution >= 4 is 23.0 Å². The first-order valence-electron chi connectivity index (χ1n) is 11.5. The molecule has 1 aromatic carbocycles. The van der Waals surface area contributed by atoms with Gasteiger partial charge in [-0.15, -0.1) is 0 Å². The number of nitrogens with zero attached hydrogens (tertiary/aromatic N) is 6. The SMILES string of the molecule is Cc1noc2nc(-c3ccccc3)cc(C(=O)NCCCN3CCN(c4ncccn4)CC3)c12. The van der Waals surface area contributed by atoms with Gasteiger partial charge in [0.1, 0.15) is 0 Å². The molecule has 4 aromatic rings. The number of pyridine rings is 1. The van der Waals surface area contributed by atoms with Crippen LogP contribution in [0, 0.1) is 6.92 Å². The molecule has 9 heteroatoms. The molecule has 1 saturated heterocycles. The topological polar surface area (TPSA) is 100 Å². The number of hydrogen-bond acceptors (Lipinski definition) is 8. The van der Waals surface area contributed by atoms with E-state index >= 15 is 0 Å². The average Bonchev–Trinajstić information content (AvgIpc) is 3.28. The first-order chi connectivity index (χ1) is 16.7. The Balaban J connectivity index is 1.18. The quantitative estimate of drug-likeness (QED) is 0.423. The molecule has 1 N–H and O–H groups in total. The van der Waals surface area contributed by atoms with Crippen molar-refractivity contribution in [3.63, 3.8) is 0 Å². The van der Waals surface area contributed by atoms with Gasteiger partial charge in [0.15, 0.2) is 0 Å². The Labute approximate surface area is 197 Å². The molecule has 3 aromatic heterocycles. The van der Waals surface area contributed by atoms with E-state index < -0.39 is 0 Å². The number of hydrogen-bond donors (Lipinski definition) is 1. The third-order valence-corrected chi connectivity index (χ3v) is 6.08. The molecular formula is C25H27N7O2. The molecule has 4 heterocycles. The number of fused-ring (bicyclic) bond motifs is 1. The molecule has 0 unspecified atom stereocenters. The normalized spacial score (nSPS) is 14.4. The van der Waals surface area contributed by atoms with Gasteiger partial charge in [-0.05, 0) is 32.0 Å². The maximum absolute atomic E-state index is 13.1. The number of carbonyl (C=O) groups excluding carboxylic acids is 1. The van der Waals surface area contributed by atoms with Crippen LogP contribution in [0.5, 0.6) is 0 Å². The van der Waals surface area contributed by atoms with Gasteiger partial charge in [0.05, 0.1) is 22.3 Å². The minimum absolute atomic E-state index is 0.137. The van der Waals surface area contributed by atoms with Crippen molar-refractivity contribution < 1.29 is 9.32 Å². The summed E-state index contributed by atoms with van der Waals surface area (Å²) in [6, 6.07) is 13.4. The van der Waals surface area contributed by atoms with Gasteiger partial charge in [-0.2, -0.15) is 0 Å². The zero-order valence-electron chi connectivity index (χ0n) is 19.1. The van der Waals surface area contributed by atoms with Crippen molar-refractivity contribution in [1.29, 1.82) is 0 Å². The van der Waals surface area contributed by atoms with Crippen LogP contribution in [0.2, 0.25) is 0 Å². The van der Waals surface area contributed by atoms with E-state index in [0.717, 1.165) is 50.7 Å². The Morgan fingerprint density at radius 2 is 1.82 bits per heavy atom. The van der Waals surface area contributed by atoms with Crippen molar-refractivity contribution in [3.8, 4) is 11.3 Å². The first kappa shape index (κ1) is 22.0. The largest absolute Gasteiger partial charge is 0.352 e. The predicted molar refractivity (Wildman–Crippen MR) is 130 cm³/mol. The smallest absolute Gasteiger partial charge is 0.259 e. The molecule has 0 atom stereocenters. The van der Waals surface area contributed by atoms with Gasteiger partial charge in [0.2, 0.25) is 5.95 Å². The van der Waals surface area contributed by atoms with Gasteiger partial charge in [0, 0.05) is 50.7 Å². The van der Waals surface area contributed by atoms with Gasteiger partial charge < -0.3 is 14.7 Å². The second-order valence-corrected chi connectivity index (χ2v) is 8.36. The lowest BCUT2D eigenvalue weighted by Crippen LogP contribution is -2.47. The second-order valence-electron chi connectivity index (χ2n) is 8.36. The fraction of sp³-hybridized carbons (Fsp3) is 0.320. The minimum Gasteiger partial charge on any atom is -0.352 e. The summed E-state index contributed by atoms with van der Waals surface area (Å²) in [5.41, 5.74) is 3.19. The molecule has 0 aliphatic carbocycles. The van der Waals surface area contributed by atoms with E-state index in [1.807, 2.05) is 49.4 Å². The summed E-state index contributed by atoms with van der Waals surface area (Å²) in [6.07, 6.45) is 4.42. The first-order valence-corrected chi connectivity index (χ1v) is 11.5. The van der Waals surface area contributed by atoms with E-state index in [9.17, 15) is 4.79 Å². The molecule has 34 heavy (non-hydrogen) atoms. The molecule has 0 spiro atoms. The number of carbonyl (C=O) groups is 1. The standard InChI is InChI=1S/C25H27N7O2/c1-18-22-20(17-21(29-24(22)34-30-18)19-7-3-2-4-8-19)23(33)26-11-6-12-31-13-15-32(16-14-31)25-27-9-5-10-28-25/h2-5,7-10,17H,6,11-16H2,1H3,(H,26,33). The zero-order valence-corrected chi connectivity index (χ0v) is 19.1. The molecular weight excluding hydrogens is 430 g/mol. The number of amides is 1. The van der Waals surface area contributed by atoms with E-state index in [1.165, 1.54) is 0 Å².